The fourth-order valence-electron chi connectivity index (χ4n) is 4.82. The van der Waals surface area contributed by atoms with E-state index in [2.05, 4.69) is 32.2 Å². The summed E-state index contributed by atoms with van der Waals surface area (Å²) < 4.78 is 21.9. The van der Waals surface area contributed by atoms with Crippen LogP contribution in [0, 0.1) is 0 Å². The SMILES string of the molecule is C=C(C)C(=O)Oc1ccc(-c2ccc(-c3ccc(C(=O)C(OC)(OC)c4ccc(OC(=O)C(=C)C)cc4)cc3)cc2CC)cc1. The second-order valence-corrected chi connectivity index (χ2v) is 10.5. The lowest BCUT2D eigenvalue weighted by Crippen LogP contribution is -2.40. The predicted molar refractivity (Wildman–Crippen MR) is 174 cm³/mol. The fourth-order valence-corrected chi connectivity index (χ4v) is 4.82. The molecule has 4 aromatic carbocycles. The third-order valence-electron chi connectivity index (χ3n) is 7.36. The molecule has 0 atom stereocenters. The Morgan fingerprint density at radius 3 is 1.58 bits per heavy atom. The highest BCUT2D eigenvalue weighted by Crippen LogP contribution is 2.34. The van der Waals surface area contributed by atoms with Crippen LogP contribution in [0.25, 0.3) is 22.3 Å². The van der Waals surface area contributed by atoms with Crippen LogP contribution < -0.4 is 9.47 Å². The van der Waals surface area contributed by atoms with Gasteiger partial charge in [-0.25, -0.2) is 9.59 Å². The van der Waals surface area contributed by atoms with Crippen LogP contribution in [0.3, 0.4) is 0 Å². The molecule has 0 aliphatic carbocycles. The molecule has 0 aliphatic rings. The molecule has 0 unspecified atom stereocenters. The van der Waals surface area contributed by atoms with Gasteiger partial charge in [0.25, 0.3) is 5.79 Å². The van der Waals surface area contributed by atoms with Crippen molar-refractivity contribution < 1.29 is 33.3 Å². The topological polar surface area (TPSA) is 88.1 Å². The van der Waals surface area contributed by atoms with E-state index in [1.807, 2.05) is 30.3 Å². The molecular weight excluding hydrogens is 568 g/mol. The van der Waals surface area contributed by atoms with E-state index in [9.17, 15) is 14.4 Å². The van der Waals surface area contributed by atoms with Crippen LogP contribution in [-0.4, -0.2) is 31.9 Å². The third-order valence-corrected chi connectivity index (χ3v) is 7.36. The van der Waals surface area contributed by atoms with Gasteiger partial charge in [0.1, 0.15) is 11.5 Å². The minimum Gasteiger partial charge on any atom is -0.423 e. The maximum Gasteiger partial charge on any atom is 0.338 e. The molecule has 0 bridgehead atoms. The Hall–Kier alpha value is -5.11. The molecule has 45 heavy (non-hydrogen) atoms. The molecule has 230 valence electrons. The molecule has 0 saturated heterocycles. The molecule has 0 saturated carbocycles. The van der Waals surface area contributed by atoms with Gasteiger partial charge in [-0.2, -0.15) is 0 Å². The van der Waals surface area contributed by atoms with Crippen molar-refractivity contribution in [2.45, 2.75) is 33.0 Å². The number of hydrogen-bond acceptors (Lipinski definition) is 7. The zero-order valence-corrected chi connectivity index (χ0v) is 26.1. The highest BCUT2D eigenvalue weighted by Gasteiger charge is 2.41. The van der Waals surface area contributed by atoms with Crippen molar-refractivity contribution in [3.8, 4) is 33.8 Å². The highest BCUT2D eigenvalue weighted by molar-refractivity contribution is 6.02. The van der Waals surface area contributed by atoms with Crippen molar-refractivity contribution >= 4 is 17.7 Å². The number of ketones is 1. The molecule has 0 radical (unpaired) electrons. The summed E-state index contributed by atoms with van der Waals surface area (Å²) in [6, 6.07) is 27.3. The zero-order chi connectivity index (χ0) is 32.7. The van der Waals surface area contributed by atoms with E-state index < -0.39 is 17.7 Å². The smallest absolute Gasteiger partial charge is 0.338 e. The average molecular weight is 605 g/mol. The first-order valence-corrected chi connectivity index (χ1v) is 14.4. The van der Waals surface area contributed by atoms with Crippen molar-refractivity contribution in [3.63, 3.8) is 0 Å². The Bertz CT molecular complexity index is 1730. The first-order valence-electron chi connectivity index (χ1n) is 14.4. The minimum absolute atomic E-state index is 0.276. The summed E-state index contributed by atoms with van der Waals surface area (Å²) in [6.45, 7) is 12.5. The van der Waals surface area contributed by atoms with Gasteiger partial charge in [0, 0.05) is 36.5 Å². The van der Waals surface area contributed by atoms with Gasteiger partial charge in [0.15, 0.2) is 0 Å². The van der Waals surface area contributed by atoms with Crippen molar-refractivity contribution in [2.24, 2.45) is 0 Å². The van der Waals surface area contributed by atoms with Gasteiger partial charge in [-0.3, -0.25) is 4.79 Å². The molecule has 0 N–H and O–H groups in total. The molecule has 0 heterocycles. The van der Waals surface area contributed by atoms with Crippen LogP contribution in [0.2, 0.25) is 0 Å². The largest absolute Gasteiger partial charge is 0.423 e. The molecule has 7 nitrogen and oxygen atoms in total. The summed E-state index contributed by atoms with van der Waals surface area (Å²) in [5.74, 6) is -2.31. The quantitative estimate of drug-likeness (QED) is 0.0534. The maximum absolute atomic E-state index is 13.8. The molecule has 0 amide bonds. The predicted octanol–water partition coefficient (Wildman–Crippen LogP) is 7.87. The Balaban J connectivity index is 1.56. The monoisotopic (exact) mass is 604 g/mol. The van der Waals surface area contributed by atoms with Gasteiger partial charge in [-0.05, 0) is 84.5 Å². The van der Waals surface area contributed by atoms with Crippen LogP contribution in [0.15, 0.2) is 115 Å². The maximum atomic E-state index is 13.8. The number of benzene rings is 4. The van der Waals surface area contributed by atoms with Gasteiger partial charge in [0.2, 0.25) is 5.78 Å². The number of aryl methyl sites for hydroxylation is 1. The standard InChI is InChI=1S/C38H36O7/c1-8-26-23-30(15-22-34(26)28-13-18-32(19-14-28)44-36(40)24(2)3)27-9-11-29(12-10-27)35(39)38(42-6,43-7)31-16-20-33(21-17-31)45-37(41)25(4)5/h9-23H,2,4,8H2,1,3,5-7H3. The molecule has 4 rings (SSSR count). The van der Waals surface area contributed by atoms with E-state index in [1.165, 1.54) is 14.2 Å². The van der Waals surface area contributed by atoms with Gasteiger partial charge >= 0.3 is 11.9 Å². The van der Waals surface area contributed by atoms with E-state index >= 15 is 0 Å². The van der Waals surface area contributed by atoms with Gasteiger partial charge in [0.05, 0.1) is 0 Å². The van der Waals surface area contributed by atoms with Crippen molar-refractivity contribution in [2.75, 3.05) is 14.2 Å². The van der Waals surface area contributed by atoms with Crippen LogP contribution in [-0.2, 0) is 31.3 Å². The lowest BCUT2D eigenvalue weighted by atomic mass is 9.92. The normalized spacial score (nSPS) is 11.0. The first-order chi connectivity index (χ1) is 21.5. The van der Waals surface area contributed by atoms with E-state index in [1.54, 1.807) is 62.4 Å². The van der Waals surface area contributed by atoms with Crippen LogP contribution in [0.1, 0.15) is 42.3 Å². The first kappa shape index (κ1) is 32.8. The summed E-state index contributed by atoms with van der Waals surface area (Å²) in [5, 5.41) is 0. The van der Waals surface area contributed by atoms with Crippen LogP contribution in [0.4, 0.5) is 0 Å². The molecule has 0 spiro atoms. The lowest BCUT2D eigenvalue weighted by molar-refractivity contribution is -0.176. The van der Waals surface area contributed by atoms with Gasteiger partial charge in [-0.1, -0.05) is 74.7 Å². The second-order valence-electron chi connectivity index (χ2n) is 10.5. The van der Waals surface area contributed by atoms with E-state index in [4.69, 9.17) is 18.9 Å². The van der Waals surface area contributed by atoms with Crippen LogP contribution >= 0.6 is 0 Å². The molecular formula is C38H36O7. The molecule has 0 aromatic heterocycles. The number of rotatable bonds is 12. The number of ether oxygens (including phenoxy) is 4. The van der Waals surface area contributed by atoms with Crippen molar-refractivity contribution in [1.82, 2.24) is 0 Å². The number of esters is 2. The Labute approximate surface area is 263 Å². The Morgan fingerprint density at radius 2 is 1.11 bits per heavy atom. The van der Waals surface area contributed by atoms with Crippen molar-refractivity contribution in [3.05, 3.63) is 132 Å². The summed E-state index contributed by atoms with van der Waals surface area (Å²) in [5.41, 5.74) is 6.65. The molecule has 4 aromatic rings. The number of Topliss-reactive ketones (excluding diaryl/α,β-unsaturated/α-hetero) is 1. The van der Waals surface area contributed by atoms with E-state index in [0.29, 0.717) is 28.2 Å². The minimum atomic E-state index is -1.70. The van der Waals surface area contributed by atoms with E-state index in [0.717, 1.165) is 34.2 Å². The summed E-state index contributed by atoms with van der Waals surface area (Å²) in [4.78, 5) is 37.5. The van der Waals surface area contributed by atoms with Gasteiger partial charge in [-0.15, -0.1) is 0 Å². The van der Waals surface area contributed by atoms with Gasteiger partial charge < -0.3 is 18.9 Å². The number of methoxy groups -OCH3 is 2. The Kier molecular flexibility index (Phi) is 10.3. The number of hydrogen-bond donors (Lipinski definition) is 0. The molecule has 7 heteroatoms. The zero-order valence-electron chi connectivity index (χ0n) is 26.1. The second kappa shape index (κ2) is 14.1. The third kappa shape index (κ3) is 7.17. The van der Waals surface area contributed by atoms with Crippen molar-refractivity contribution in [1.29, 1.82) is 0 Å². The average Bonchev–Trinajstić information content (AvgIpc) is 3.06. The number of carbonyl (C=O) groups excluding carboxylic acids is 3. The highest BCUT2D eigenvalue weighted by atomic mass is 16.7. The van der Waals surface area contributed by atoms with Crippen LogP contribution in [0.5, 0.6) is 11.5 Å². The Morgan fingerprint density at radius 1 is 0.644 bits per heavy atom. The summed E-state index contributed by atoms with van der Waals surface area (Å²) in [6.07, 6.45) is 0.807. The molecule has 0 aliphatic heterocycles. The fraction of sp³-hybridized carbons (Fsp3) is 0.184. The summed E-state index contributed by atoms with van der Waals surface area (Å²) in [7, 11) is 2.81. The summed E-state index contributed by atoms with van der Waals surface area (Å²) >= 11 is 0. The van der Waals surface area contributed by atoms with E-state index in [-0.39, 0.29) is 11.4 Å². The number of carbonyl (C=O) groups is 3. The lowest BCUT2D eigenvalue weighted by Gasteiger charge is -2.30. The molecule has 0 fully saturated rings.